The van der Waals surface area contributed by atoms with Gasteiger partial charge >= 0.3 is 5.97 Å². The van der Waals surface area contributed by atoms with Gasteiger partial charge in [0.25, 0.3) is 5.91 Å². The topological polar surface area (TPSA) is 64.6 Å². The number of hydrogen-bond donors (Lipinski definition) is 1. The number of ether oxygens (including phenoxy) is 2. The second-order valence-electron chi connectivity index (χ2n) is 6.28. The molecule has 1 heterocycles. The van der Waals surface area contributed by atoms with E-state index in [1.807, 2.05) is 50.2 Å². The highest BCUT2D eigenvalue weighted by molar-refractivity contribution is 7.17. The van der Waals surface area contributed by atoms with Crippen molar-refractivity contribution in [1.82, 2.24) is 0 Å². The molecular formula is C22H21NO4S. The number of benzene rings is 2. The lowest BCUT2D eigenvalue weighted by Gasteiger charge is -2.09. The molecule has 1 N–H and O–H groups in total. The number of nitrogens with one attached hydrogen (secondary N) is 1. The predicted molar refractivity (Wildman–Crippen MR) is 112 cm³/mol. The lowest BCUT2D eigenvalue weighted by atomic mass is 10.0. The van der Waals surface area contributed by atoms with Crippen molar-refractivity contribution in [2.75, 3.05) is 19.5 Å². The van der Waals surface area contributed by atoms with Crippen molar-refractivity contribution in [3.8, 4) is 16.9 Å². The fraction of sp³-hybridized carbons (Fsp3) is 0.182. The first-order valence-corrected chi connectivity index (χ1v) is 9.50. The quantitative estimate of drug-likeness (QED) is 0.612. The van der Waals surface area contributed by atoms with Gasteiger partial charge in [0.05, 0.1) is 14.2 Å². The van der Waals surface area contributed by atoms with E-state index in [1.165, 1.54) is 18.4 Å². The maximum atomic E-state index is 12.7. The van der Waals surface area contributed by atoms with Crippen molar-refractivity contribution >= 4 is 28.2 Å². The van der Waals surface area contributed by atoms with Crippen molar-refractivity contribution in [2.24, 2.45) is 0 Å². The Labute approximate surface area is 167 Å². The molecular weight excluding hydrogens is 374 g/mol. The lowest BCUT2D eigenvalue weighted by molar-refractivity contribution is 0.0603. The van der Waals surface area contributed by atoms with Gasteiger partial charge in [-0.2, -0.15) is 0 Å². The molecule has 0 radical (unpaired) electrons. The van der Waals surface area contributed by atoms with Gasteiger partial charge in [-0.3, -0.25) is 4.79 Å². The van der Waals surface area contributed by atoms with Gasteiger partial charge in [0, 0.05) is 16.0 Å². The van der Waals surface area contributed by atoms with Crippen LogP contribution >= 0.6 is 11.3 Å². The molecule has 0 bridgehead atoms. The zero-order valence-electron chi connectivity index (χ0n) is 16.2. The standard InChI is InChI=1S/C22H21NO4S/c1-13-5-7-16(8-6-13)20(24)23-21-19(22(25)27-4)18(14(2)28-21)15-9-11-17(26-3)12-10-15/h5-12H,1-4H3,(H,23,24). The largest absolute Gasteiger partial charge is 0.497 e. The molecule has 6 heteroatoms. The van der Waals surface area contributed by atoms with Crippen LogP contribution in [0.5, 0.6) is 5.75 Å². The van der Waals surface area contributed by atoms with Crippen LogP contribution in [0.4, 0.5) is 5.00 Å². The van der Waals surface area contributed by atoms with Gasteiger partial charge in [-0.25, -0.2) is 4.79 Å². The van der Waals surface area contributed by atoms with Gasteiger partial charge < -0.3 is 14.8 Å². The molecule has 0 aliphatic carbocycles. The number of carbonyl (C=O) groups excluding carboxylic acids is 2. The molecule has 5 nitrogen and oxygen atoms in total. The minimum atomic E-state index is -0.491. The summed E-state index contributed by atoms with van der Waals surface area (Å²) in [5.41, 5.74) is 3.55. The minimum absolute atomic E-state index is 0.271. The molecule has 3 aromatic rings. The number of methoxy groups -OCH3 is 2. The Bertz CT molecular complexity index is 1000. The smallest absolute Gasteiger partial charge is 0.341 e. The van der Waals surface area contributed by atoms with Crippen LogP contribution in [-0.2, 0) is 4.74 Å². The summed E-state index contributed by atoms with van der Waals surface area (Å²) < 4.78 is 10.2. The van der Waals surface area contributed by atoms with E-state index in [-0.39, 0.29) is 5.91 Å². The van der Waals surface area contributed by atoms with Crippen LogP contribution in [0.3, 0.4) is 0 Å². The zero-order chi connectivity index (χ0) is 20.3. The highest BCUT2D eigenvalue weighted by Gasteiger charge is 2.25. The predicted octanol–water partition coefficient (Wildman–Crippen LogP) is 5.08. The monoisotopic (exact) mass is 395 g/mol. The van der Waals surface area contributed by atoms with Crippen LogP contribution < -0.4 is 10.1 Å². The fourth-order valence-corrected chi connectivity index (χ4v) is 3.97. The summed E-state index contributed by atoms with van der Waals surface area (Å²) in [6.45, 7) is 3.87. The van der Waals surface area contributed by atoms with Gasteiger partial charge in [-0.1, -0.05) is 29.8 Å². The number of hydrogen-bond acceptors (Lipinski definition) is 5. The molecule has 0 unspecified atom stereocenters. The van der Waals surface area contributed by atoms with Crippen molar-refractivity contribution in [1.29, 1.82) is 0 Å². The Morgan fingerprint density at radius 2 is 1.57 bits per heavy atom. The summed E-state index contributed by atoms with van der Waals surface area (Å²) in [6.07, 6.45) is 0. The van der Waals surface area contributed by atoms with E-state index in [4.69, 9.17) is 9.47 Å². The highest BCUT2D eigenvalue weighted by atomic mass is 32.1. The van der Waals surface area contributed by atoms with Gasteiger partial charge in [-0.05, 0) is 43.7 Å². The summed E-state index contributed by atoms with van der Waals surface area (Å²) in [5, 5.41) is 3.34. The Balaban J connectivity index is 2.02. The van der Waals surface area contributed by atoms with E-state index in [0.29, 0.717) is 16.1 Å². The number of aryl methyl sites for hydroxylation is 2. The van der Waals surface area contributed by atoms with Crippen LogP contribution in [-0.4, -0.2) is 26.1 Å². The second-order valence-corrected chi connectivity index (χ2v) is 7.50. The van der Waals surface area contributed by atoms with Gasteiger partial charge in [0.2, 0.25) is 0 Å². The van der Waals surface area contributed by atoms with Crippen LogP contribution in [0.15, 0.2) is 48.5 Å². The van der Waals surface area contributed by atoms with Gasteiger partial charge in [0.1, 0.15) is 16.3 Å². The Hall–Kier alpha value is -3.12. The Morgan fingerprint density at radius 3 is 2.14 bits per heavy atom. The normalized spacial score (nSPS) is 10.4. The third-order valence-corrected chi connectivity index (χ3v) is 5.41. The molecule has 2 aromatic carbocycles. The SMILES string of the molecule is COC(=O)c1c(NC(=O)c2ccc(C)cc2)sc(C)c1-c1ccc(OC)cc1. The molecule has 28 heavy (non-hydrogen) atoms. The van der Waals surface area contributed by atoms with E-state index in [0.717, 1.165) is 27.3 Å². The van der Waals surface area contributed by atoms with E-state index in [1.54, 1.807) is 19.2 Å². The summed E-state index contributed by atoms with van der Waals surface area (Å²) >= 11 is 1.35. The highest BCUT2D eigenvalue weighted by Crippen LogP contribution is 2.41. The Kier molecular flexibility index (Phi) is 5.80. The average Bonchev–Trinajstić information content (AvgIpc) is 3.03. The van der Waals surface area contributed by atoms with E-state index in [9.17, 15) is 9.59 Å². The molecule has 144 valence electrons. The van der Waals surface area contributed by atoms with Gasteiger partial charge in [-0.15, -0.1) is 11.3 Å². The van der Waals surface area contributed by atoms with Crippen molar-refractivity contribution in [3.05, 3.63) is 70.1 Å². The molecule has 1 amide bonds. The number of anilines is 1. The maximum Gasteiger partial charge on any atom is 0.341 e. The van der Waals surface area contributed by atoms with Crippen LogP contribution in [0.2, 0.25) is 0 Å². The van der Waals surface area contributed by atoms with Crippen molar-refractivity contribution in [3.63, 3.8) is 0 Å². The third-order valence-electron chi connectivity index (χ3n) is 4.39. The molecule has 3 rings (SSSR count). The van der Waals surface area contributed by atoms with Crippen LogP contribution in [0.1, 0.15) is 31.2 Å². The molecule has 0 aliphatic rings. The summed E-state index contributed by atoms with van der Waals surface area (Å²) in [5.74, 6) is -0.0359. The molecule has 0 spiro atoms. The summed E-state index contributed by atoms with van der Waals surface area (Å²) in [4.78, 5) is 26.1. The first-order chi connectivity index (χ1) is 13.4. The average molecular weight is 395 g/mol. The summed E-state index contributed by atoms with van der Waals surface area (Å²) in [6, 6.07) is 14.7. The van der Waals surface area contributed by atoms with E-state index < -0.39 is 5.97 Å². The summed E-state index contributed by atoms with van der Waals surface area (Å²) in [7, 11) is 2.93. The molecule has 0 saturated carbocycles. The fourth-order valence-electron chi connectivity index (χ4n) is 2.92. The number of rotatable bonds is 5. The molecule has 0 atom stereocenters. The van der Waals surface area contributed by atoms with Crippen LogP contribution in [0.25, 0.3) is 11.1 Å². The number of thiophene rings is 1. The Morgan fingerprint density at radius 1 is 0.929 bits per heavy atom. The number of carbonyl (C=O) groups is 2. The van der Waals surface area contributed by atoms with Crippen molar-refractivity contribution in [2.45, 2.75) is 13.8 Å². The van der Waals surface area contributed by atoms with Crippen molar-refractivity contribution < 1.29 is 19.1 Å². The first-order valence-electron chi connectivity index (χ1n) is 8.68. The van der Waals surface area contributed by atoms with E-state index >= 15 is 0 Å². The number of amides is 1. The molecule has 0 fully saturated rings. The minimum Gasteiger partial charge on any atom is -0.497 e. The van der Waals surface area contributed by atoms with Gasteiger partial charge in [0.15, 0.2) is 0 Å². The molecule has 0 saturated heterocycles. The zero-order valence-corrected chi connectivity index (χ0v) is 17.0. The third kappa shape index (κ3) is 3.92. The molecule has 0 aliphatic heterocycles. The lowest BCUT2D eigenvalue weighted by Crippen LogP contribution is -2.14. The van der Waals surface area contributed by atoms with E-state index in [2.05, 4.69) is 5.32 Å². The molecule has 1 aromatic heterocycles. The first kappa shape index (κ1) is 19.6. The maximum absolute atomic E-state index is 12.7. The number of esters is 1. The van der Waals surface area contributed by atoms with Crippen LogP contribution in [0, 0.1) is 13.8 Å². The second kappa shape index (κ2) is 8.27.